The molecule has 0 bridgehead atoms. The number of carbonyl (C=O) groups excluding carboxylic acids is 2. The Morgan fingerprint density at radius 1 is 1.19 bits per heavy atom. The number of aryl methyl sites for hydroxylation is 2. The molecule has 2 aliphatic rings. The average molecular weight is 413 g/mol. The fraction of sp³-hybridized carbons (Fsp3) is 0.240. The lowest BCUT2D eigenvalue weighted by Gasteiger charge is -2.28. The Balaban J connectivity index is 1.45. The van der Waals surface area contributed by atoms with Gasteiger partial charge in [-0.05, 0) is 67.1 Å². The van der Waals surface area contributed by atoms with Crippen LogP contribution >= 0.6 is 0 Å². The van der Waals surface area contributed by atoms with Crippen molar-refractivity contribution in [1.82, 2.24) is 10.3 Å². The lowest BCUT2D eigenvalue weighted by Crippen LogP contribution is -2.42. The number of pyridine rings is 1. The average Bonchev–Trinajstić information content (AvgIpc) is 2.89. The highest BCUT2D eigenvalue weighted by Crippen LogP contribution is 2.38. The molecular weight excluding hydrogens is 390 g/mol. The van der Waals surface area contributed by atoms with E-state index < -0.39 is 0 Å². The number of ether oxygens (including phenoxy) is 1. The van der Waals surface area contributed by atoms with E-state index >= 15 is 0 Å². The van der Waals surface area contributed by atoms with Crippen molar-refractivity contribution in [1.29, 1.82) is 0 Å². The van der Waals surface area contributed by atoms with Crippen LogP contribution in [-0.2, 0) is 11.2 Å². The van der Waals surface area contributed by atoms with Crippen molar-refractivity contribution >= 4 is 17.5 Å². The Hall–Kier alpha value is -3.67. The van der Waals surface area contributed by atoms with E-state index in [0.29, 0.717) is 17.0 Å². The maximum Gasteiger partial charge on any atom is 0.264 e. The van der Waals surface area contributed by atoms with Gasteiger partial charge in [-0.2, -0.15) is 0 Å². The second-order valence-electron chi connectivity index (χ2n) is 8.03. The zero-order chi connectivity index (χ0) is 21.4. The lowest BCUT2D eigenvalue weighted by atomic mass is 9.88. The largest absolute Gasteiger partial charge is 0.436 e. The molecule has 6 heteroatoms. The SMILES string of the molecule is Cc1ccc2c(c1)N(CC(=O)NC1CCCc3ccccc31)C(=O)c1cccnc1O2. The van der Waals surface area contributed by atoms with Crippen molar-refractivity contribution in [3.05, 3.63) is 83.0 Å². The monoisotopic (exact) mass is 413 g/mol. The van der Waals surface area contributed by atoms with Crippen molar-refractivity contribution < 1.29 is 14.3 Å². The molecule has 0 saturated heterocycles. The fourth-order valence-corrected chi connectivity index (χ4v) is 4.36. The summed E-state index contributed by atoms with van der Waals surface area (Å²) in [7, 11) is 0. The van der Waals surface area contributed by atoms with Crippen LogP contribution in [0.4, 0.5) is 5.69 Å². The molecule has 31 heavy (non-hydrogen) atoms. The molecular formula is C25H23N3O3. The number of rotatable bonds is 3. The fourth-order valence-electron chi connectivity index (χ4n) is 4.36. The van der Waals surface area contributed by atoms with E-state index in [-0.39, 0.29) is 30.3 Å². The standard InChI is InChI=1S/C25H23N3O3/c1-16-11-12-22-21(14-16)28(25(30)19-9-5-13-26-24(19)31-22)15-23(29)27-20-10-4-7-17-6-2-3-8-18(17)20/h2-3,5-6,8-9,11-14,20H,4,7,10,15H2,1H3,(H,27,29). The van der Waals surface area contributed by atoms with Gasteiger partial charge in [-0.15, -0.1) is 0 Å². The molecule has 2 amide bonds. The minimum Gasteiger partial charge on any atom is -0.436 e. The molecule has 1 aromatic heterocycles. The molecule has 6 nitrogen and oxygen atoms in total. The summed E-state index contributed by atoms with van der Waals surface area (Å²) in [6.07, 6.45) is 4.53. The summed E-state index contributed by atoms with van der Waals surface area (Å²) in [4.78, 5) is 32.2. The second kappa shape index (κ2) is 7.87. The van der Waals surface area contributed by atoms with Crippen molar-refractivity contribution in [2.24, 2.45) is 0 Å². The first kappa shape index (κ1) is 19.3. The van der Waals surface area contributed by atoms with Gasteiger partial charge in [-0.1, -0.05) is 30.3 Å². The normalized spacial score (nSPS) is 17.0. The molecule has 0 saturated carbocycles. The molecule has 5 rings (SSSR count). The van der Waals surface area contributed by atoms with Gasteiger partial charge in [0.15, 0.2) is 5.75 Å². The van der Waals surface area contributed by atoms with Crippen LogP contribution in [-0.4, -0.2) is 23.3 Å². The van der Waals surface area contributed by atoms with Gasteiger partial charge >= 0.3 is 0 Å². The van der Waals surface area contributed by atoms with Crippen LogP contribution in [0.25, 0.3) is 0 Å². The third kappa shape index (κ3) is 3.65. The van der Waals surface area contributed by atoms with E-state index in [9.17, 15) is 9.59 Å². The minimum absolute atomic E-state index is 0.0401. The van der Waals surface area contributed by atoms with E-state index in [1.807, 2.05) is 37.3 Å². The first-order valence-corrected chi connectivity index (χ1v) is 10.5. The second-order valence-corrected chi connectivity index (χ2v) is 8.03. The predicted molar refractivity (Wildman–Crippen MR) is 117 cm³/mol. The quantitative estimate of drug-likeness (QED) is 0.694. The number of anilines is 1. The maximum absolute atomic E-state index is 13.4. The first-order chi connectivity index (χ1) is 15.1. The summed E-state index contributed by atoms with van der Waals surface area (Å²) in [6.45, 7) is 1.85. The molecule has 2 heterocycles. The summed E-state index contributed by atoms with van der Waals surface area (Å²) >= 11 is 0. The highest BCUT2D eigenvalue weighted by Gasteiger charge is 2.31. The number of nitrogens with one attached hydrogen (secondary N) is 1. The van der Waals surface area contributed by atoms with Crippen LogP contribution in [0.1, 0.15) is 45.9 Å². The Labute approximate surface area is 180 Å². The molecule has 1 atom stereocenters. The number of hydrogen-bond acceptors (Lipinski definition) is 4. The van der Waals surface area contributed by atoms with Crippen molar-refractivity contribution in [3.63, 3.8) is 0 Å². The van der Waals surface area contributed by atoms with Gasteiger partial charge in [0.1, 0.15) is 12.1 Å². The summed E-state index contributed by atoms with van der Waals surface area (Å²) in [5.41, 5.74) is 4.33. The number of hydrogen-bond donors (Lipinski definition) is 1. The van der Waals surface area contributed by atoms with E-state index in [4.69, 9.17) is 4.74 Å². The third-order valence-corrected chi connectivity index (χ3v) is 5.86. The first-order valence-electron chi connectivity index (χ1n) is 10.5. The van der Waals surface area contributed by atoms with Crippen LogP contribution in [0.15, 0.2) is 60.8 Å². The molecule has 0 spiro atoms. The van der Waals surface area contributed by atoms with E-state index in [0.717, 1.165) is 24.8 Å². The van der Waals surface area contributed by atoms with Crippen molar-refractivity contribution in [2.75, 3.05) is 11.4 Å². The molecule has 156 valence electrons. The van der Waals surface area contributed by atoms with Crippen LogP contribution in [0, 0.1) is 6.92 Å². The van der Waals surface area contributed by atoms with E-state index in [1.165, 1.54) is 16.0 Å². The molecule has 3 aromatic rings. The van der Waals surface area contributed by atoms with Crippen LogP contribution < -0.4 is 15.0 Å². The molecule has 1 aliphatic heterocycles. The molecule has 1 aliphatic carbocycles. The van der Waals surface area contributed by atoms with Crippen LogP contribution in [0.2, 0.25) is 0 Å². The maximum atomic E-state index is 13.4. The molecule has 0 radical (unpaired) electrons. The number of aromatic nitrogens is 1. The highest BCUT2D eigenvalue weighted by atomic mass is 16.5. The Morgan fingerprint density at radius 2 is 2.06 bits per heavy atom. The van der Waals surface area contributed by atoms with Crippen molar-refractivity contribution in [3.8, 4) is 11.6 Å². The molecule has 0 fully saturated rings. The van der Waals surface area contributed by atoms with Gasteiger partial charge in [0.25, 0.3) is 5.91 Å². The Kier molecular flexibility index (Phi) is 4.90. The highest BCUT2D eigenvalue weighted by molar-refractivity contribution is 6.11. The lowest BCUT2D eigenvalue weighted by molar-refractivity contribution is -0.120. The molecule has 1 unspecified atom stereocenters. The summed E-state index contributed by atoms with van der Waals surface area (Å²) in [6, 6.07) is 17.1. The van der Waals surface area contributed by atoms with Crippen LogP contribution in [0.5, 0.6) is 11.6 Å². The molecule has 1 N–H and O–H groups in total. The van der Waals surface area contributed by atoms with Gasteiger partial charge in [0, 0.05) is 6.20 Å². The molecule has 2 aromatic carbocycles. The zero-order valence-corrected chi connectivity index (χ0v) is 17.3. The number of carbonyl (C=O) groups is 2. The number of nitrogens with zero attached hydrogens (tertiary/aromatic N) is 2. The smallest absolute Gasteiger partial charge is 0.264 e. The van der Waals surface area contributed by atoms with Gasteiger partial charge in [0.05, 0.1) is 11.7 Å². The van der Waals surface area contributed by atoms with E-state index in [1.54, 1.807) is 18.3 Å². The zero-order valence-electron chi connectivity index (χ0n) is 17.3. The van der Waals surface area contributed by atoms with Gasteiger partial charge in [-0.3, -0.25) is 14.5 Å². The number of amides is 2. The Bertz CT molecular complexity index is 1170. The minimum atomic E-state index is -0.299. The summed E-state index contributed by atoms with van der Waals surface area (Å²) in [5, 5.41) is 3.14. The summed E-state index contributed by atoms with van der Waals surface area (Å²) < 4.78 is 5.93. The summed E-state index contributed by atoms with van der Waals surface area (Å²) in [5.74, 6) is 0.260. The number of fused-ring (bicyclic) bond motifs is 3. The Morgan fingerprint density at radius 3 is 2.97 bits per heavy atom. The van der Waals surface area contributed by atoms with Crippen LogP contribution in [0.3, 0.4) is 0 Å². The third-order valence-electron chi connectivity index (χ3n) is 5.86. The van der Waals surface area contributed by atoms with Gasteiger partial charge in [-0.25, -0.2) is 4.98 Å². The van der Waals surface area contributed by atoms with E-state index in [2.05, 4.69) is 22.4 Å². The van der Waals surface area contributed by atoms with Gasteiger partial charge < -0.3 is 10.1 Å². The topological polar surface area (TPSA) is 71.5 Å². The number of benzene rings is 2. The predicted octanol–water partition coefficient (Wildman–Crippen LogP) is 4.34. The van der Waals surface area contributed by atoms with Gasteiger partial charge in [0.2, 0.25) is 11.8 Å². The van der Waals surface area contributed by atoms with Crippen molar-refractivity contribution in [2.45, 2.75) is 32.2 Å².